The summed E-state index contributed by atoms with van der Waals surface area (Å²) >= 11 is 0. The highest BCUT2D eigenvalue weighted by Gasteiger charge is 2.30. The summed E-state index contributed by atoms with van der Waals surface area (Å²) in [4.78, 5) is 27.9. The molecule has 1 aliphatic heterocycles. The molecule has 1 unspecified atom stereocenters. The van der Waals surface area contributed by atoms with E-state index in [4.69, 9.17) is 0 Å². The zero-order chi connectivity index (χ0) is 16.7. The topological polar surface area (TPSA) is 64.7 Å². The van der Waals surface area contributed by atoms with E-state index in [1.807, 2.05) is 37.4 Å². The van der Waals surface area contributed by atoms with Crippen molar-refractivity contribution in [1.29, 1.82) is 0 Å². The molecule has 1 saturated heterocycles. The molecule has 1 aromatic rings. The lowest BCUT2D eigenvalue weighted by molar-refractivity contribution is -0.128. The highest BCUT2D eigenvalue weighted by molar-refractivity contribution is 5.81. The number of benzene rings is 1. The molecule has 2 rings (SSSR count). The second-order valence-corrected chi connectivity index (χ2v) is 5.96. The minimum Gasteiger partial charge on any atom is -0.337 e. The lowest BCUT2D eigenvalue weighted by atomic mass is 10.2. The van der Waals surface area contributed by atoms with Crippen LogP contribution in [0.2, 0.25) is 0 Å². The molecule has 126 valence electrons. The zero-order valence-electron chi connectivity index (χ0n) is 13.9. The number of hydrogen-bond acceptors (Lipinski definition) is 3. The van der Waals surface area contributed by atoms with Crippen LogP contribution in [0.5, 0.6) is 0 Å². The molecular weight excluding hydrogens is 292 g/mol. The second-order valence-electron chi connectivity index (χ2n) is 5.96. The summed E-state index contributed by atoms with van der Waals surface area (Å²) < 4.78 is 0. The molecule has 1 atom stereocenters. The fourth-order valence-corrected chi connectivity index (χ4v) is 2.58. The number of nitrogens with zero attached hydrogens (tertiary/aromatic N) is 2. The lowest BCUT2D eigenvalue weighted by Crippen LogP contribution is -2.45. The first kappa shape index (κ1) is 17.3. The number of likely N-dealkylation sites (tertiary alicyclic amines) is 1. The van der Waals surface area contributed by atoms with Gasteiger partial charge in [-0.05, 0) is 19.2 Å². The molecule has 0 spiro atoms. The lowest BCUT2D eigenvalue weighted by Gasteiger charge is -2.18. The van der Waals surface area contributed by atoms with Crippen LogP contribution < -0.4 is 10.6 Å². The summed E-state index contributed by atoms with van der Waals surface area (Å²) in [5.74, 6) is 0.0878. The van der Waals surface area contributed by atoms with E-state index in [0.717, 1.165) is 18.7 Å². The van der Waals surface area contributed by atoms with Gasteiger partial charge in [-0.25, -0.2) is 4.79 Å². The summed E-state index contributed by atoms with van der Waals surface area (Å²) in [6.07, 6.45) is 0.370. The van der Waals surface area contributed by atoms with Gasteiger partial charge in [0.15, 0.2) is 0 Å². The molecule has 0 bridgehead atoms. The number of carbonyl (C=O) groups excluding carboxylic acids is 2. The van der Waals surface area contributed by atoms with Crippen molar-refractivity contribution in [3.05, 3.63) is 35.9 Å². The first-order valence-electron chi connectivity index (χ1n) is 8.13. The maximum Gasteiger partial charge on any atom is 0.315 e. The van der Waals surface area contributed by atoms with E-state index in [2.05, 4.69) is 22.5 Å². The third kappa shape index (κ3) is 5.56. The van der Waals surface area contributed by atoms with Crippen LogP contribution in [0.15, 0.2) is 30.3 Å². The van der Waals surface area contributed by atoms with Crippen molar-refractivity contribution >= 4 is 11.9 Å². The van der Waals surface area contributed by atoms with E-state index in [1.165, 1.54) is 0 Å². The first-order chi connectivity index (χ1) is 11.1. The van der Waals surface area contributed by atoms with Crippen LogP contribution in [0.25, 0.3) is 0 Å². The van der Waals surface area contributed by atoms with Crippen LogP contribution in [0.3, 0.4) is 0 Å². The molecule has 0 saturated carbocycles. The fraction of sp³-hybridized carbons (Fsp3) is 0.529. The van der Waals surface area contributed by atoms with Gasteiger partial charge in [0.1, 0.15) is 0 Å². The van der Waals surface area contributed by atoms with Gasteiger partial charge in [-0.3, -0.25) is 4.79 Å². The Labute approximate surface area is 137 Å². The van der Waals surface area contributed by atoms with E-state index in [9.17, 15) is 9.59 Å². The number of nitrogens with one attached hydrogen (secondary N) is 2. The Kier molecular flexibility index (Phi) is 6.40. The molecule has 1 fully saturated rings. The number of carbonyl (C=O) groups is 2. The maximum atomic E-state index is 12.1. The highest BCUT2D eigenvalue weighted by Crippen LogP contribution is 2.14. The van der Waals surface area contributed by atoms with Crippen molar-refractivity contribution in [3.8, 4) is 0 Å². The fourth-order valence-electron chi connectivity index (χ4n) is 2.58. The molecule has 1 aliphatic rings. The molecule has 0 aromatic heterocycles. The van der Waals surface area contributed by atoms with Gasteiger partial charge in [0, 0.05) is 32.6 Å². The van der Waals surface area contributed by atoms with E-state index >= 15 is 0 Å². The van der Waals surface area contributed by atoms with Crippen LogP contribution in [-0.4, -0.2) is 61.0 Å². The van der Waals surface area contributed by atoms with Gasteiger partial charge in [-0.2, -0.15) is 0 Å². The predicted octanol–water partition coefficient (Wildman–Crippen LogP) is 1.04. The van der Waals surface area contributed by atoms with Gasteiger partial charge in [0.25, 0.3) is 0 Å². The summed E-state index contributed by atoms with van der Waals surface area (Å²) in [5, 5.41) is 5.72. The average molecular weight is 318 g/mol. The summed E-state index contributed by atoms with van der Waals surface area (Å²) in [5.41, 5.74) is 1.11. The number of hydrogen-bond donors (Lipinski definition) is 2. The van der Waals surface area contributed by atoms with Crippen LogP contribution in [0.4, 0.5) is 4.79 Å². The molecule has 6 nitrogen and oxygen atoms in total. The van der Waals surface area contributed by atoms with Crippen molar-refractivity contribution in [3.63, 3.8) is 0 Å². The molecule has 23 heavy (non-hydrogen) atoms. The third-order valence-electron chi connectivity index (χ3n) is 4.08. The molecule has 2 N–H and O–H groups in total. The zero-order valence-corrected chi connectivity index (χ0v) is 13.9. The van der Waals surface area contributed by atoms with Gasteiger partial charge in [0.05, 0.1) is 6.04 Å². The normalized spacial score (nSPS) is 17.6. The summed E-state index contributed by atoms with van der Waals surface area (Å²) in [6.45, 7) is 5.61. The van der Waals surface area contributed by atoms with Crippen molar-refractivity contribution in [2.24, 2.45) is 0 Å². The van der Waals surface area contributed by atoms with Crippen molar-refractivity contribution in [2.45, 2.75) is 25.9 Å². The maximum absolute atomic E-state index is 12.1. The standard InChI is InChI=1S/C17H26N4O2/c1-3-20(2)10-9-18-17(23)19-15-11-16(22)21(13-15)12-14-7-5-4-6-8-14/h4-8,15H,3,9-13H2,1-2H3,(H2,18,19,23). The van der Waals surface area contributed by atoms with Crippen LogP contribution >= 0.6 is 0 Å². The van der Waals surface area contributed by atoms with E-state index < -0.39 is 0 Å². The molecule has 1 aromatic carbocycles. The Hall–Kier alpha value is -2.08. The smallest absolute Gasteiger partial charge is 0.315 e. The number of amides is 3. The quantitative estimate of drug-likeness (QED) is 0.789. The number of likely N-dealkylation sites (N-methyl/N-ethyl adjacent to an activating group) is 1. The van der Waals surface area contributed by atoms with Crippen LogP contribution in [0.1, 0.15) is 18.9 Å². The minimum atomic E-state index is -0.200. The van der Waals surface area contributed by atoms with Crippen LogP contribution in [0, 0.1) is 0 Å². The van der Waals surface area contributed by atoms with E-state index in [0.29, 0.717) is 26.1 Å². The molecule has 1 heterocycles. The summed E-state index contributed by atoms with van der Waals surface area (Å²) in [6, 6.07) is 9.58. The van der Waals surface area contributed by atoms with Gasteiger partial charge in [-0.1, -0.05) is 37.3 Å². The van der Waals surface area contributed by atoms with Gasteiger partial charge in [-0.15, -0.1) is 0 Å². The Morgan fingerprint density at radius 1 is 1.35 bits per heavy atom. The van der Waals surface area contributed by atoms with Gasteiger partial charge in [0.2, 0.25) is 5.91 Å². The van der Waals surface area contributed by atoms with Crippen molar-refractivity contribution in [2.75, 3.05) is 33.2 Å². The molecular formula is C17H26N4O2. The number of rotatable bonds is 7. The van der Waals surface area contributed by atoms with Crippen molar-refractivity contribution in [1.82, 2.24) is 20.4 Å². The molecule has 3 amide bonds. The van der Waals surface area contributed by atoms with E-state index in [1.54, 1.807) is 4.90 Å². The predicted molar refractivity (Wildman–Crippen MR) is 90.0 cm³/mol. The molecule has 0 radical (unpaired) electrons. The monoisotopic (exact) mass is 318 g/mol. The Morgan fingerprint density at radius 3 is 2.78 bits per heavy atom. The third-order valence-corrected chi connectivity index (χ3v) is 4.08. The largest absolute Gasteiger partial charge is 0.337 e. The van der Waals surface area contributed by atoms with E-state index in [-0.39, 0.29) is 18.0 Å². The Morgan fingerprint density at radius 2 is 2.09 bits per heavy atom. The second kappa shape index (κ2) is 8.53. The first-order valence-corrected chi connectivity index (χ1v) is 8.13. The average Bonchev–Trinajstić information content (AvgIpc) is 2.87. The number of urea groups is 1. The van der Waals surface area contributed by atoms with Gasteiger partial charge >= 0.3 is 6.03 Å². The van der Waals surface area contributed by atoms with Crippen molar-refractivity contribution < 1.29 is 9.59 Å². The molecule has 0 aliphatic carbocycles. The Balaban J connectivity index is 1.73. The molecule has 6 heteroatoms. The van der Waals surface area contributed by atoms with Gasteiger partial charge < -0.3 is 20.4 Å². The Bertz CT molecular complexity index is 521. The minimum absolute atomic E-state index is 0.0878. The SMILES string of the molecule is CCN(C)CCNC(=O)NC1CC(=O)N(Cc2ccccc2)C1. The summed E-state index contributed by atoms with van der Waals surface area (Å²) in [7, 11) is 2.01. The highest BCUT2D eigenvalue weighted by atomic mass is 16.2. The van der Waals surface area contributed by atoms with Crippen LogP contribution in [-0.2, 0) is 11.3 Å².